The molecule has 0 aliphatic rings. The van der Waals surface area contributed by atoms with E-state index in [4.69, 9.17) is 4.74 Å². The number of hydrogen-bond acceptors (Lipinski definition) is 5. The predicted octanol–water partition coefficient (Wildman–Crippen LogP) is 2.64. The van der Waals surface area contributed by atoms with Crippen molar-refractivity contribution in [2.24, 2.45) is 0 Å². The van der Waals surface area contributed by atoms with E-state index in [-0.39, 0.29) is 11.9 Å². The molecular weight excluding hydrogens is 280 g/mol. The molecule has 0 unspecified atom stereocenters. The first-order valence-electron chi connectivity index (χ1n) is 5.99. The third-order valence-corrected chi connectivity index (χ3v) is 4.39. The molecule has 0 saturated heterocycles. The number of ether oxygens (including phenoxy) is 1. The Morgan fingerprint density at radius 2 is 2.37 bits per heavy atom. The van der Waals surface area contributed by atoms with Gasteiger partial charge in [0.05, 0.1) is 12.6 Å². The molecular formula is C13H16N2O2S2. The van der Waals surface area contributed by atoms with Gasteiger partial charge in [-0.25, -0.2) is 4.98 Å². The lowest BCUT2D eigenvalue weighted by atomic mass is 10.2. The van der Waals surface area contributed by atoms with Crippen molar-refractivity contribution in [1.82, 2.24) is 10.3 Å². The minimum Gasteiger partial charge on any atom is -0.384 e. The molecule has 1 N–H and O–H groups in total. The van der Waals surface area contributed by atoms with E-state index >= 15 is 0 Å². The van der Waals surface area contributed by atoms with Crippen molar-refractivity contribution >= 4 is 28.6 Å². The zero-order chi connectivity index (χ0) is 13.5. The van der Waals surface area contributed by atoms with Gasteiger partial charge in [-0.2, -0.15) is 0 Å². The van der Waals surface area contributed by atoms with Gasteiger partial charge in [-0.15, -0.1) is 22.7 Å². The average molecular weight is 296 g/mol. The van der Waals surface area contributed by atoms with Gasteiger partial charge in [0.15, 0.2) is 0 Å². The van der Waals surface area contributed by atoms with Crippen LogP contribution in [0.5, 0.6) is 0 Å². The van der Waals surface area contributed by atoms with Crippen molar-refractivity contribution in [3.8, 4) is 0 Å². The van der Waals surface area contributed by atoms with Crippen molar-refractivity contribution in [2.75, 3.05) is 13.7 Å². The summed E-state index contributed by atoms with van der Waals surface area (Å²) in [5.41, 5.74) is 0. The van der Waals surface area contributed by atoms with Crippen LogP contribution in [0.3, 0.4) is 0 Å². The number of thiazole rings is 1. The van der Waals surface area contributed by atoms with Crippen LogP contribution in [0, 0.1) is 0 Å². The molecule has 0 saturated carbocycles. The van der Waals surface area contributed by atoms with E-state index in [2.05, 4.69) is 16.4 Å². The second-order valence-corrected chi connectivity index (χ2v) is 5.98. The zero-order valence-electron chi connectivity index (χ0n) is 10.7. The van der Waals surface area contributed by atoms with E-state index in [9.17, 15) is 4.79 Å². The first-order chi connectivity index (χ1) is 9.29. The van der Waals surface area contributed by atoms with Crippen molar-refractivity contribution in [2.45, 2.75) is 18.9 Å². The minimum atomic E-state index is -0.0528. The largest absolute Gasteiger partial charge is 0.384 e. The fraction of sp³-hybridized carbons (Fsp3) is 0.385. The van der Waals surface area contributed by atoms with Gasteiger partial charge in [0.1, 0.15) is 5.01 Å². The Morgan fingerprint density at radius 3 is 3.00 bits per heavy atom. The van der Waals surface area contributed by atoms with E-state index in [0.29, 0.717) is 13.0 Å². The maximum absolute atomic E-state index is 11.8. The molecule has 4 nitrogen and oxygen atoms in total. The maximum Gasteiger partial charge on any atom is 0.222 e. The van der Waals surface area contributed by atoms with Crippen LogP contribution in [0.25, 0.3) is 0 Å². The molecule has 0 aromatic carbocycles. The summed E-state index contributed by atoms with van der Waals surface area (Å²) in [6.07, 6.45) is 2.93. The van der Waals surface area contributed by atoms with Gasteiger partial charge >= 0.3 is 0 Å². The number of aromatic nitrogens is 1. The second-order valence-electron chi connectivity index (χ2n) is 4.02. The fourth-order valence-electron chi connectivity index (χ4n) is 1.70. The standard InChI is InChI=1S/C13H16N2O2S2/c1-17-6-4-12(16)15-11(13-14-5-8-19-13)9-10-3-2-7-18-10/h2-3,5,7-8,11H,4,6,9H2,1H3,(H,15,16)/t11-/m1/s1. The molecule has 0 aliphatic carbocycles. The highest BCUT2D eigenvalue weighted by Gasteiger charge is 2.17. The maximum atomic E-state index is 11.8. The average Bonchev–Trinajstić information content (AvgIpc) is 3.08. The Bertz CT molecular complexity index is 483. The van der Waals surface area contributed by atoms with Crippen LogP contribution in [0.2, 0.25) is 0 Å². The third-order valence-electron chi connectivity index (χ3n) is 2.60. The van der Waals surface area contributed by atoms with E-state index < -0.39 is 0 Å². The van der Waals surface area contributed by atoms with Gasteiger partial charge in [-0.3, -0.25) is 4.79 Å². The zero-order valence-corrected chi connectivity index (χ0v) is 12.3. The molecule has 19 heavy (non-hydrogen) atoms. The molecule has 0 aliphatic heterocycles. The van der Waals surface area contributed by atoms with Crippen LogP contribution < -0.4 is 5.32 Å². The van der Waals surface area contributed by atoms with Crippen LogP contribution >= 0.6 is 22.7 Å². The Balaban J connectivity index is 2.00. The smallest absolute Gasteiger partial charge is 0.222 e. The van der Waals surface area contributed by atoms with E-state index in [0.717, 1.165) is 11.4 Å². The molecule has 1 amide bonds. The van der Waals surface area contributed by atoms with Gasteiger partial charge in [0, 0.05) is 36.4 Å². The highest BCUT2D eigenvalue weighted by atomic mass is 32.1. The summed E-state index contributed by atoms with van der Waals surface area (Å²) in [5, 5.41) is 7.94. The van der Waals surface area contributed by atoms with E-state index in [1.165, 1.54) is 4.88 Å². The quantitative estimate of drug-likeness (QED) is 0.854. The Labute approximate surface area is 120 Å². The minimum absolute atomic E-state index is 0.00129. The SMILES string of the molecule is COCCC(=O)N[C@H](Cc1cccs1)c1nccs1. The third kappa shape index (κ3) is 4.41. The van der Waals surface area contributed by atoms with Gasteiger partial charge in [0.2, 0.25) is 5.91 Å². The number of rotatable bonds is 7. The van der Waals surface area contributed by atoms with Crippen molar-refractivity contribution < 1.29 is 9.53 Å². The number of methoxy groups -OCH3 is 1. The topological polar surface area (TPSA) is 51.2 Å². The second kappa shape index (κ2) is 7.37. The predicted molar refractivity (Wildman–Crippen MR) is 77.5 cm³/mol. The molecule has 2 aromatic heterocycles. The van der Waals surface area contributed by atoms with E-state index in [1.54, 1.807) is 36.0 Å². The first-order valence-corrected chi connectivity index (χ1v) is 7.75. The van der Waals surface area contributed by atoms with Crippen molar-refractivity contribution in [1.29, 1.82) is 0 Å². The van der Waals surface area contributed by atoms with E-state index in [1.807, 2.05) is 16.8 Å². The normalized spacial score (nSPS) is 12.3. The highest BCUT2D eigenvalue weighted by molar-refractivity contribution is 7.10. The van der Waals surface area contributed by atoms with Crippen LogP contribution in [-0.2, 0) is 16.0 Å². The summed E-state index contributed by atoms with van der Waals surface area (Å²) in [6, 6.07) is 4.04. The van der Waals surface area contributed by atoms with Gasteiger partial charge in [-0.05, 0) is 11.4 Å². The molecule has 6 heteroatoms. The van der Waals surface area contributed by atoms with Crippen LogP contribution in [0.15, 0.2) is 29.1 Å². The molecule has 0 fully saturated rings. The summed E-state index contributed by atoms with van der Waals surface area (Å²) in [5.74, 6) is -0.00129. The molecule has 2 heterocycles. The summed E-state index contributed by atoms with van der Waals surface area (Å²) >= 11 is 3.26. The fourth-order valence-corrected chi connectivity index (χ4v) is 3.14. The monoisotopic (exact) mass is 296 g/mol. The molecule has 2 rings (SSSR count). The Kier molecular flexibility index (Phi) is 5.50. The number of hydrogen-bond donors (Lipinski definition) is 1. The number of nitrogens with one attached hydrogen (secondary N) is 1. The first kappa shape index (κ1) is 14.2. The lowest BCUT2D eigenvalue weighted by Crippen LogP contribution is -2.30. The van der Waals surface area contributed by atoms with Gasteiger partial charge in [0.25, 0.3) is 0 Å². The number of carbonyl (C=O) groups excluding carboxylic acids is 1. The molecule has 0 radical (unpaired) electrons. The number of amides is 1. The van der Waals surface area contributed by atoms with Gasteiger partial charge < -0.3 is 10.1 Å². The molecule has 1 atom stereocenters. The summed E-state index contributed by atoms with van der Waals surface area (Å²) in [6.45, 7) is 0.440. The highest BCUT2D eigenvalue weighted by Crippen LogP contribution is 2.23. The Hall–Kier alpha value is -1.24. The lowest BCUT2D eigenvalue weighted by Gasteiger charge is -2.15. The number of nitrogens with zero attached hydrogens (tertiary/aromatic N) is 1. The van der Waals surface area contributed by atoms with Crippen molar-refractivity contribution in [3.63, 3.8) is 0 Å². The van der Waals surface area contributed by atoms with Crippen LogP contribution in [0.1, 0.15) is 22.3 Å². The van der Waals surface area contributed by atoms with Crippen molar-refractivity contribution in [3.05, 3.63) is 39.0 Å². The Morgan fingerprint density at radius 1 is 1.47 bits per heavy atom. The lowest BCUT2D eigenvalue weighted by molar-refractivity contribution is -0.122. The van der Waals surface area contributed by atoms with Gasteiger partial charge in [-0.1, -0.05) is 6.07 Å². The summed E-state index contributed by atoms with van der Waals surface area (Å²) in [4.78, 5) is 17.4. The van der Waals surface area contributed by atoms with Crippen LogP contribution in [-0.4, -0.2) is 24.6 Å². The molecule has 102 valence electrons. The molecule has 0 bridgehead atoms. The summed E-state index contributed by atoms with van der Waals surface area (Å²) in [7, 11) is 1.59. The number of thiophene rings is 1. The summed E-state index contributed by atoms with van der Waals surface area (Å²) < 4.78 is 4.92. The molecule has 2 aromatic rings. The number of carbonyl (C=O) groups is 1. The molecule has 0 spiro atoms. The van der Waals surface area contributed by atoms with Crippen LogP contribution in [0.4, 0.5) is 0 Å².